The Morgan fingerprint density at radius 3 is 2.05 bits per heavy atom. The van der Waals surface area contributed by atoms with Gasteiger partial charge in [0.2, 0.25) is 0 Å². The maximum Gasteiger partial charge on any atom is 0.418 e. The zero-order chi connectivity index (χ0) is 30.6. The third kappa shape index (κ3) is 5.60. The lowest BCUT2D eigenvalue weighted by molar-refractivity contribution is -0.143. The van der Waals surface area contributed by atoms with E-state index in [1.54, 1.807) is 0 Å². The van der Waals surface area contributed by atoms with Crippen LogP contribution in [-0.4, -0.2) is 24.7 Å². The van der Waals surface area contributed by atoms with Gasteiger partial charge in [0.05, 0.1) is 46.9 Å². The van der Waals surface area contributed by atoms with Gasteiger partial charge < -0.3 is 0 Å². The first-order chi connectivity index (χ1) is 19.5. The summed E-state index contributed by atoms with van der Waals surface area (Å²) in [6.45, 7) is -0.401. The van der Waals surface area contributed by atoms with Crippen molar-refractivity contribution in [2.24, 2.45) is 0 Å². The standard InChI is InChI=1S/C26H12F11N5/c27-18-3-1-2-15(21(18)28)23-40-19-9-39-42(11-20(19)41-23)10-12-6-17(26(35,36)37)22(38-8-12)14-5-4-13(24(29,30)31)7-16(14)25(32,33)34/h1-9,11H,10H2. The van der Waals surface area contributed by atoms with E-state index < -0.39 is 64.7 Å². The third-order valence-corrected chi connectivity index (χ3v) is 6.01. The van der Waals surface area contributed by atoms with E-state index in [1.165, 1.54) is 18.3 Å². The lowest BCUT2D eigenvalue weighted by Gasteiger charge is -2.19. The average molecular weight is 603 g/mol. The second-order valence-corrected chi connectivity index (χ2v) is 8.88. The molecule has 5 nitrogen and oxygen atoms in total. The van der Waals surface area contributed by atoms with Crippen molar-refractivity contribution in [3.8, 4) is 34.0 Å². The number of fused-ring (bicyclic) bond motifs is 1. The summed E-state index contributed by atoms with van der Waals surface area (Å²) in [6.07, 6.45) is -12.6. The molecule has 5 rings (SSSR count). The molecule has 0 unspecified atom stereocenters. The fourth-order valence-corrected chi connectivity index (χ4v) is 4.12. The lowest BCUT2D eigenvalue weighted by Crippen LogP contribution is -2.15. The van der Waals surface area contributed by atoms with Gasteiger partial charge in [-0.3, -0.25) is 9.67 Å². The monoisotopic (exact) mass is 603 g/mol. The van der Waals surface area contributed by atoms with Gasteiger partial charge in [-0.15, -0.1) is 0 Å². The van der Waals surface area contributed by atoms with Gasteiger partial charge in [-0.25, -0.2) is 18.7 Å². The topological polar surface area (TPSA) is 56.5 Å². The molecule has 2 aromatic carbocycles. The van der Waals surface area contributed by atoms with Gasteiger partial charge in [-0.2, -0.15) is 44.6 Å². The number of alkyl halides is 9. The summed E-state index contributed by atoms with van der Waals surface area (Å²) in [5.74, 6) is -2.50. The lowest BCUT2D eigenvalue weighted by atomic mass is 9.96. The van der Waals surface area contributed by atoms with E-state index in [0.717, 1.165) is 23.1 Å². The maximum absolute atomic E-state index is 14.1. The van der Waals surface area contributed by atoms with Crippen molar-refractivity contribution < 1.29 is 48.3 Å². The first-order valence-corrected chi connectivity index (χ1v) is 11.5. The van der Waals surface area contributed by atoms with Crippen LogP contribution in [0, 0.1) is 11.6 Å². The molecular formula is C26H12F11N5. The molecule has 2 aliphatic heterocycles. The molecule has 0 bridgehead atoms. The van der Waals surface area contributed by atoms with Crippen LogP contribution in [0.5, 0.6) is 0 Å². The van der Waals surface area contributed by atoms with Crippen LogP contribution in [0.3, 0.4) is 0 Å². The largest absolute Gasteiger partial charge is 0.418 e. The van der Waals surface area contributed by atoms with Crippen molar-refractivity contribution in [3.05, 3.63) is 94.9 Å². The zero-order valence-electron chi connectivity index (χ0n) is 20.4. The second kappa shape index (κ2) is 10.0. The molecule has 0 radical (unpaired) electrons. The smallest absolute Gasteiger partial charge is 0.266 e. The van der Waals surface area contributed by atoms with Crippen LogP contribution >= 0.6 is 0 Å². The Labute approximate surface area is 227 Å². The minimum absolute atomic E-state index is 0.115. The van der Waals surface area contributed by atoms with Crippen LogP contribution in [0.4, 0.5) is 48.3 Å². The Morgan fingerprint density at radius 1 is 0.690 bits per heavy atom. The number of hydrogen-bond acceptors (Lipinski definition) is 4. The zero-order valence-corrected chi connectivity index (χ0v) is 20.4. The SMILES string of the molecule is Fc1cccc(-c2nc3cnn(Cc4cnc(-c5ccc(C(F)(F)F)cc5C(F)(F)F)c(C(F)(F)F)c4)cc-3n2)c1F. The summed E-state index contributed by atoms with van der Waals surface area (Å²) < 4.78 is 151. The normalized spacial score (nSPS) is 12.7. The highest BCUT2D eigenvalue weighted by Crippen LogP contribution is 2.44. The molecule has 2 aliphatic rings. The predicted octanol–water partition coefficient (Wildman–Crippen LogP) is 7.89. The van der Waals surface area contributed by atoms with E-state index in [-0.39, 0.29) is 40.5 Å². The van der Waals surface area contributed by atoms with Crippen molar-refractivity contribution in [2.45, 2.75) is 25.1 Å². The Kier molecular flexibility index (Phi) is 6.89. The van der Waals surface area contributed by atoms with Crippen LogP contribution in [0.2, 0.25) is 0 Å². The Balaban J connectivity index is 1.53. The summed E-state index contributed by atoms with van der Waals surface area (Å²) in [5, 5.41) is 3.98. The van der Waals surface area contributed by atoms with Gasteiger partial charge in [0.25, 0.3) is 0 Å². The number of benzene rings is 2. The summed E-state index contributed by atoms with van der Waals surface area (Å²) in [6, 6.07) is 4.13. The van der Waals surface area contributed by atoms with Crippen LogP contribution in [0.25, 0.3) is 34.0 Å². The van der Waals surface area contributed by atoms with Crippen LogP contribution < -0.4 is 0 Å². The van der Waals surface area contributed by atoms with Crippen molar-refractivity contribution in [1.82, 2.24) is 24.7 Å². The minimum atomic E-state index is -5.43. The fourth-order valence-electron chi connectivity index (χ4n) is 4.12. The first kappa shape index (κ1) is 28.9. The van der Waals surface area contributed by atoms with Gasteiger partial charge in [0.1, 0.15) is 11.4 Å². The molecule has 3 aromatic rings. The van der Waals surface area contributed by atoms with Gasteiger partial charge >= 0.3 is 18.5 Å². The van der Waals surface area contributed by atoms with Gasteiger partial charge in [-0.05, 0) is 35.9 Å². The Morgan fingerprint density at radius 2 is 1.38 bits per heavy atom. The highest BCUT2D eigenvalue weighted by molar-refractivity contribution is 5.69. The molecule has 16 heteroatoms. The highest BCUT2D eigenvalue weighted by atomic mass is 19.4. The van der Waals surface area contributed by atoms with E-state index in [9.17, 15) is 48.3 Å². The van der Waals surface area contributed by atoms with Crippen LogP contribution in [0.15, 0.2) is 61.1 Å². The number of aromatic nitrogens is 5. The van der Waals surface area contributed by atoms with Crippen molar-refractivity contribution in [1.29, 1.82) is 0 Å². The molecule has 1 aromatic heterocycles. The van der Waals surface area contributed by atoms with Crippen molar-refractivity contribution >= 4 is 0 Å². The summed E-state index contributed by atoms with van der Waals surface area (Å²) in [4.78, 5) is 11.7. The molecule has 0 atom stereocenters. The van der Waals surface area contributed by atoms with Crippen molar-refractivity contribution in [2.75, 3.05) is 0 Å². The van der Waals surface area contributed by atoms with Gasteiger partial charge in [-0.1, -0.05) is 12.1 Å². The average Bonchev–Trinajstić information content (AvgIpc) is 3.31. The van der Waals surface area contributed by atoms with E-state index in [4.69, 9.17) is 0 Å². The summed E-state index contributed by atoms with van der Waals surface area (Å²) in [7, 11) is 0. The molecule has 42 heavy (non-hydrogen) atoms. The van der Waals surface area contributed by atoms with E-state index in [1.807, 2.05) is 0 Å². The molecule has 3 heterocycles. The number of hydrogen-bond donors (Lipinski definition) is 0. The molecule has 0 saturated heterocycles. The summed E-state index contributed by atoms with van der Waals surface area (Å²) in [5.41, 5.74) is -7.82. The van der Waals surface area contributed by atoms with E-state index in [0.29, 0.717) is 12.1 Å². The number of imidazole rings is 1. The number of rotatable bonds is 4. The first-order valence-electron chi connectivity index (χ1n) is 11.5. The van der Waals surface area contributed by atoms with Crippen molar-refractivity contribution in [3.63, 3.8) is 0 Å². The molecule has 218 valence electrons. The fraction of sp³-hybridized carbons (Fsp3) is 0.154. The molecule has 0 aliphatic carbocycles. The van der Waals surface area contributed by atoms with Gasteiger partial charge in [0.15, 0.2) is 17.5 Å². The number of nitrogens with zero attached hydrogens (tertiary/aromatic N) is 5. The number of pyridine rings is 1. The highest BCUT2D eigenvalue weighted by Gasteiger charge is 2.41. The second-order valence-electron chi connectivity index (χ2n) is 8.88. The molecular weight excluding hydrogens is 591 g/mol. The predicted molar refractivity (Wildman–Crippen MR) is 124 cm³/mol. The van der Waals surface area contributed by atoms with Gasteiger partial charge in [0, 0.05) is 11.8 Å². The third-order valence-electron chi connectivity index (χ3n) is 6.01. The molecule has 0 amide bonds. The number of halogens is 11. The van der Waals surface area contributed by atoms with Crippen LogP contribution in [0.1, 0.15) is 22.3 Å². The minimum Gasteiger partial charge on any atom is -0.266 e. The quantitative estimate of drug-likeness (QED) is 0.196. The maximum atomic E-state index is 14.1. The Bertz CT molecular complexity index is 1750. The van der Waals surface area contributed by atoms with E-state index >= 15 is 0 Å². The molecule has 0 fully saturated rings. The molecule has 0 N–H and O–H groups in total. The Hall–Kier alpha value is -4.63. The summed E-state index contributed by atoms with van der Waals surface area (Å²) >= 11 is 0. The molecule has 0 saturated carbocycles. The molecule has 0 spiro atoms. The van der Waals surface area contributed by atoms with E-state index in [2.05, 4.69) is 20.1 Å². The van der Waals surface area contributed by atoms with Crippen LogP contribution in [-0.2, 0) is 25.1 Å².